The lowest BCUT2D eigenvalue weighted by Gasteiger charge is -2.47. The predicted octanol–water partition coefficient (Wildman–Crippen LogP) is 6.53. The van der Waals surface area contributed by atoms with E-state index >= 15 is 0 Å². The molecule has 1 aromatic rings. The Morgan fingerprint density at radius 3 is 2.04 bits per heavy atom. The third-order valence-corrected chi connectivity index (χ3v) is 9.83. The van der Waals surface area contributed by atoms with E-state index in [2.05, 4.69) is 97.0 Å². The Morgan fingerprint density at radius 2 is 1.52 bits per heavy atom. The summed E-state index contributed by atoms with van der Waals surface area (Å²) in [5, 5.41) is 3.83. The molecule has 0 aliphatic heterocycles. The van der Waals surface area contributed by atoms with Crippen molar-refractivity contribution in [3.8, 4) is 0 Å². The first-order valence-electron chi connectivity index (χ1n) is 8.60. The van der Waals surface area contributed by atoms with Crippen LogP contribution in [0, 0.1) is 5.92 Å². The Balaban J connectivity index is 2.22. The standard InChI is InChI=1S/C21H32P2/c1-16(23(20(2,3)4)21(5,6)7)18-14-11-15-19(18)22-17-12-9-8-10-13-17/h8-16,18,22H,1-7H3/t16-,18?/m1/s1. The third kappa shape index (κ3) is 4.78. The molecule has 1 aliphatic rings. The highest BCUT2D eigenvalue weighted by atomic mass is 31.1. The van der Waals surface area contributed by atoms with Crippen molar-refractivity contribution in [1.82, 2.24) is 0 Å². The highest BCUT2D eigenvalue weighted by molar-refractivity contribution is 7.61. The molecule has 0 aromatic heterocycles. The van der Waals surface area contributed by atoms with Gasteiger partial charge in [-0.05, 0) is 26.6 Å². The van der Waals surface area contributed by atoms with Crippen molar-refractivity contribution in [3.63, 3.8) is 0 Å². The first-order valence-corrected chi connectivity index (χ1v) is 11.0. The average Bonchev–Trinajstić information content (AvgIpc) is 2.84. The van der Waals surface area contributed by atoms with E-state index in [1.165, 1.54) is 5.30 Å². The van der Waals surface area contributed by atoms with Crippen molar-refractivity contribution in [1.29, 1.82) is 0 Å². The third-order valence-electron chi connectivity index (χ3n) is 4.39. The summed E-state index contributed by atoms with van der Waals surface area (Å²) in [6.07, 6.45) is 7.10. The number of allylic oxidation sites excluding steroid dienone is 4. The normalized spacial score (nSPS) is 20.5. The van der Waals surface area contributed by atoms with E-state index in [4.69, 9.17) is 0 Å². The van der Waals surface area contributed by atoms with Crippen molar-refractivity contribution in [2.45, 2.75) is 64.4 Å². The molecule has 0 amide bonds. The lowest BCUT2D eigenvalue weighted by atomic mass is 10.1. The van der Waals surface area contributed by atoms with Gasteiger partial charge in [0, 0.05) is 5.92 Å². The highest BCUT2D eigenvalue weighted by Gasteiger charge is 2.41. The highest BCUT2D eigenvalue weighted by Crippen LogP contribution is 2.65. The Bertz CT molecular complexity index is 556. The van der Waals surface area contributed by atoms with Gasteiger partial charge in [-0.3, -0.25) is 0 Å². The maximum atomic E-state index is 2.49. The van der Waals surface area contributed by atoms with Gasteiger partial charge in [-0.1, -0.05) is 114 Å². The van der Waals surface area contributed by atoms with Crippen LogP contribution in [-0.2, 0) is 0 Å². The van der Waals surface area contributed by atoms with Gasteiger partial charge in [0.1, 0.15) is 0 Å². The van der Waals surface area contributed by atoms with Gasteiger partial charge >= 0.3 is 0 Å². The van der Waals surface area contributed by atoms with E-state index in [0.717, 1.165) is 8.58 Å². The quantitative estimate of drug-likeness (QED) is 0.544. The fourth-order valence-electron chi connectivity index (χ4n) is 4.12. The summed E-state index contributed by atoms with van der Waals surface area (Å²) < 4.78 is 0. The summed E-state index contributed by atoms with van der Waals surface area (Å²) in [6.45, 7) is 17.1. The van der Waals surface area contributed by atoms with Gasteiger partial charge in [-0.25, -0.2) is 0 Å². The van der Waals surface area contributed by atoms with E-state index in [-0.39, 0.29) is 7.92 Å². The zero-order valence-corrected chi connectivity index (χ0v) is 17.6. The molecule has 1 aliphatic carbocycles. The Morgan fingerprint density at radius 1 is 0.957 bits per heavy atom. The molecule has 0 nitrogen and oxygen atoms in total. The van der Waals surface area contributed by atoms with Crippen LogP contribution in [0.25, 0.3) is 0 Å². The Hall–Kier alpha value is -0.440. The molecule has 0 saturated carbocycles. The van der Waals surface area contributed by atoms with E-state index in [0.29, 0.717) is 21.9 Å². The van der Waals surface area contributed by atoms with Gasteiger partial charge in [0.15, 0.2) is 0 Å². The molecule has 23 heavy (non-hydrogen) atoms. The molecular weight excluding hydrogens is 314 g/mol. The maximum Gasteiger partial charge on any atom is 0.00914 e. The second-order valence-electron chi connectivity index (χ2n) is 8.48. The smallest absolute Gasteiger partial charge is 0.00914 e. The molecule has 126 valence electrons. The minimum atomic E-state index is -0.104. The molecule has 0 N–H and O–H groups in total. The van der Waals surface area contributed by atoms with Gasteiger partial charge < -0.3 is 0 Å². The second kappa shape index (κ2) is 7.21. The molecule has 0 saturated heterocycles. The second-order valence-corrected chi connectivity index (χ2v) is 14.1. The Labute approximate surface area is 146 Å². The predicted molar refractivity (Wildman–Crippen MR) is 111 cm³/mol. The van der Waals surface area contributed by atoms with Crippen molar-refractivity contribution in [3.05, 3.63) is 53.9 Å². The van der Waals surface area contributed by atoms with Crippen molar-refractivity contribution >= 4 is 21.8 Å². The van der Waals surface area contributed by atoms with Crippen LogP contribution in [0.15, 0.2) is 53.9 Å². The van der Waals surface area contributed by atoms with Gasteiger partial charge in [0.2, 0.25) is 0 Å². The molecule has 2 unspecified atom stereocenters. The van der Waals surface area contributed by atoms with Crippen molar-refractivity contribution in [2.75, 3.05) is 0 Å². The van der Waals surface area contributed by atoms with Crippen molar-refractivity contribution < 1.29 is 0 Å². The van der Waals surface area contributed by atoms with Gasteiger partial charge in [0.05, 0.1) is 0 Å². The lowest BCUT2D eigenvalue weighted by Crippen LogP contribution is -2.33. The van der Waals surface area contributed by atoms with Crippen LogP contribution in [-0.4, -0.2) is 16.0 Å². The van der Waals surface area contributed by atoms with Gasteiger partial charge in [-0.2, -0.15) is 0 Å². The maximum absolute atomic E-state index is 2.49. The monoisotopic (exact) mass is 346 g/mol. The van der Waals surface area contributed by atoms with Crippen LogP contribution < -0.4 is 5.30 Å². The van der Waals surface area contributed by atoms with E-state index in [1.54, 1.807) is 5.31 Å². The number of rotatable bonds is 4. The molecule has 0 fully saturated rings. The van der Waals surface area contributed by atoms with E-state index in [1.807, 2.05) is 0 Å². The lowest BCUT2D eigenvalue weighted by molar-refractivity contribution is 0.658. The van der Waals surface area contributed by atoms with Gasteiger partial charge in [0.25, 0.3) is 0 Å². The first-order chi connectivity index (χ1) is 10.6. The first kappa shape index (κ1) is 18.9. The van der Waals surface area contributed by atoms with Crippen LogP contribution in [0.5, 0.6) is 0 Å². The summed E-state index contributed by atoms with van der Waals surface area (Å²) in [5.41, 5.74) is 0.714. The van der Waals surface area contributed by atoms with Crippen LogP contribution in [0.3, 0.4) is 0 Å². The largest absolute Gasteiger partial charge is 0.0918 e. The van der Waals surface area contributed by atoms with Crippen LogP contribution in [0.2, 0.25) is 0 Å². The SMILES string of the molecule is C[C@H](C1C=CC=C1Pc1ccccc1)P(C(C)(C)C)C(C)(C)C. The molecule has 3 atom stereocenters. The zero-order chi connectivity index (χ0) is 17.3. The fraction of sp³-hybridized carbons (Fsp3) is 0.524. The minimum Gasteiger partial charge on any atom is -0.0918 e. The van der Waals surface area contributed by atoms with Crippen LogP contribution in [0.1, 0.15) is 48.5 Å². The van der Waals surface area contributed by atoms with Crippen LogP contribution in [0.4, 0.5) is 0 Å². The molecule has 0 bridgehead atoms. The average molecular weight is 346 g/mol. The van der Waals surface area contributed by atoms with Crippen molar-refractivity contribution in [2.24, 2.45) is 5.92 Å². The van der Waals surface area contributed by atoms with E-state index < -0.39 is 0 Å². The molecule has 0 spiro atoms. The van der Waals surface area contributed by atoms with Gasteiger partial charge in [-0.15, -0.1) is 0 Å². The zero-order valence-electron chi connectivity index (χ0n) is 15.7. The summed E-state index contributed by atoms with van der Waals surface area (Å²) in [6, 6.07) is 10.9. The summed E-state index contributed by atoms with van der Waals surface area (Å²) in [5.74, 6) is 0.609. The molecular formula is C21H32P2. The molecule has 2 heteroatoms. The molecule has 2 rings (SSSR count). The molecule has 0 heterocycles. The number of hydrogen-bond acceptors (Lipinski definition) is 0. The summed E-state index contributed by atoms with van der Waals surface area (Å²) >= 11 is 0. The Kier molecular flexibility index (Phi) is 5.92. The molecule has 0 radical (unpaired) electrons. The summed E-state index contributed by atoms with van der Waals surface area (Å²) in [4.78, 5) is 0. The number of hydrogen-bond donors (Lipinski definition) is 0. The van der Waals surface area contributed by atoms with E-state index in [9.17, 15) is 0 Å². The number of benzene rings is 1. The minimum absolute atomic E-state index is 0.104. The molecule has 1 aromatic carbocycles. The topological polar surface area (TPSA) is 0 Å². The fourth-order valence-corrected chi connectivity index (χ4v) is 10.7. The van der Waals surface area contributed by atoms with Crippen LogP contribution >= 0.6 is 16.5 Å². The summed E-state index contributed by atoms with van der Waals surface area (Å²) in [7, 11) is 0.696.